The van der Waals surface area contributed by atoms with Crippen LogP contribution in [0.25, 0.3) is 0 Å². The Balaban J connectivity index is 0.00000341. The largest absolute Gasteiger partial charge is 0.383 e. The van der Waals surface area contributed by atoms with Gasteiger partial charge in [-0.25, -0.2) is 9.98 Å². The predicted octanol–water partition coefficient (Wildman–Crippen LogP) is 2.29. The number of hydrogen-bond acceptors (Lipinski definition) is 4. The van der Waals surface area contributed by atoms with Crippen molar-refractivity contribution in [2.24, 2.45) is 12.0 Å². The van der Waals surface area contributed by atoms with E-state index in [1.165, 1.54) is 5.56 Å². The first kappa shape index (κ1) is 24.9. The number of nitrogens with one attached hydrogen (secondary N) is 2. The Bertz CT molecular complexity index is 950. The summed E-state index contributed by atoms with van der Waals surface area (Å²) in [5, 5.41) is 21.4. The fourth-order valence-corrected chi connectivity index (χ4v) is 3.15. The number of aryl methyl sites for hydroxylation is 1. The van der Waals surface area contributed by atoms with Crippen molar-refractivity contribution >= 4 is 29.9 Å². The van der Waals surface area contributed by atoms with Gasteiger partial charge in [0.2, 0.25) is 0 Å². The standard InChI is InChI=1S/C22H31N7O.HI/c1-4-23-21(26-17-22(2,30)19-14-27-28(3)16-19)25-11-10-20-24-12-13-29(20)15-18-8-6-5-7-9-18;/h5-9,12-14,16,30H,4,10-11,15,17H2,1-3H3,(H2,23,25,26);1H. The number of aliphatic hydroxyl groups is 1. The number of benzene rings is 1. The minimum atomic E-state index is -1.08. The normalized spacial score (nSPS) is 13.4. The molecule has 0 bridgehead atoms. The molecule has 0 aliphatic carbocycles. The average molecular weight is 537 g/mol. The topological polar surface area (TPSA) is 92.3 Å². The quantitative estimate of drug-likeness (QED) is 0.221. The van der Waals surface area contributed by atoms with Crippen LogP contribution in [0, 0.1) is 0 Å². The Morgan fingerprint density at radius 2 is 2.00 bits per heavy atom. The average Bonchev–Trinajstić information content (AvgIpc) is 3.36. The van der Waals surface area contributed by atoms with Gasteiger partial charge in [-0.1, -0.05) is 30.3 Å². The molecule has 0 aliphatic heterocycles. The van der Waals surface area contributed by atoms with Crippen molar-refractivity contribution in [1.29, 1.82) is 0 Å². The molecule has 2 aromatic heterocycles. The fourth-order valence-electron chi connectivity index (χ4n) is 3.15. The summed E-state index contributed by atoms with van der Waals surface area (Å²) in [4.78, 5) is 9.06. The number of guanidine groups is 1. The van der Waals surface area contributed by atoms with Gasteiger partial charge in [0.05, 0.1) is 12.7 Å². The molecular formula is C22H32IN7O. The van der Waals surface area contributed by atoms with Gasteiger partial charge in [-0.2, -0.15) is 5.10 Å². The van der Waals surface area contributed by atoms with E-state index in [9.17, 15) is 5.11 Å². The first-order valence-corrected chi connectivity index (χ1v) is 10.3. The summed E-state index contributed by atoms with van der Waals surface area (Å²) < 4.78 is 3.84. The number of halogens is 1. The highest BCUT2D eigenvalue weighted by molar-refractivity contribution is 14.0. The van der Waals surface area contributed by atoms with Crippen LogP contribution in [0.2, 0.25) is 0 Å². The highest BCUT2D eigenvalue weighted by atomic mass is 127. The fraction of sp³-hybridized carbons (Fsp3) is 0.409. The maximum absolute atomic E-state index is 10.7. The van der Waals surface area contributed by atoms with Gasteiger partial charge in [0.1, 0.15) is 11.4 Å². The molecule has 0 saturated heterocycles. The summed E-state index contributed by atoms with van der Waals surface area (Å²) in [6, 6.07) is 10.4. The Morgan fingerprint density at radius 1 is 1.23 bits per heavy atom. The summed E-state index contributed by atoms with van der Waals surface area (Å²) in [6.07, 6.45) is 8.09. The Kier molecular flexibility index (Phi) is 9.50. The monoisotopic (exact) mass is 537 g/mol. The molecule has 168 valence electrons. The Hall–Kier alpha value is -2.40. The minimum absolute atomic E-state index is 0. The van der Waals surface area contributed by atoms with Crippen molar-refractivity contribution in [3.8, 4) is 0 Å². The minimum Gasteiger partial charge on any atom is -0.383 e. The molecule has 31 heavy (non-hydrogen) atoms. The van der Waals surface area contributed by atoms with Gasteiger partial charge in [-0.15, -0.1) is 24.0 Å². The first-order chi connectivity index (χ1) is 14.5. The van der Waals surface area contributed by atoms with Gasteiger partial charge in [-0.05, 0) is 19.4 Å². The van der Waals surface area contributed by atoms with Crippen LogP contribution >= 0.6 is 24.0 Å². The Morgan fingerprint density at radius 3 is 2.68 bits per heavy atom. The van der Waals surface area contributed by atoms with E-state index < -0.39 is 5.60 Å². The summed E-state index contributed by atoms with van der Waals surface area (Å²) in [6.45, 7) is 6.23. The number of aromatic nitrogens is 4. The molecule has 9 heteroatoms. The lowest BCUT2D eigenvalue weighted by molar-refractivity contribution is 0.0672. The van der Waals surface area contributed by atoms with Crippen molar-refractivity contribution < 1.29 is 5.11 Å². The molecule has 8 nitrogen and oxygen atoms in total. The molecule has 3 N–H and O–H groups in total. The van der Waals surface area contributed by atoms with E-state index in [1.54, 1.807) is 17.8 Å². The van der Waals surface area contributed by atoms with Crippen LogP contribution in [0.3, 0.4) is 0 Å². The summed E-state index contributed by atoms with van der Waals surface area (Å²) in [5.74, 6) is 1.69. The van der Waals surface area contributed by atoms with Gasteiger partial charge in [0.25, 0.3) is 0 Å². The summed E-state index contributed by atoms with van der Waals surface area (Å²) in [7, 11) is 1.83. The van der Waals surface area contributed by atoms with E-state index >= 15 is 0 Å². The van der Waals surface area contributed by atoms with E-state index in [0.29, 0.717) is 12.5 Å². The zero-order chi connectivity index (χ0) is 21.4. The molecule has 0 aliphatic rings. The zero-order valence-electron chi connectivity index (χ0n) is 18.3. The van der Waals surface area contributed by atoms with Crippen LogP contribution in [0.5, 0.6) is 0 Å². The molecule has 0 spiro atoms. The lowest BCUT2D eigenvalue weighted by Gasteiger charge is -2.20. The van der Waals surface area contributed by atoms with E-state index in [2.05, 4.69) is 42.4 Å². The molecule has 0 fully saturated rings. The summed E-state index contributed by atoms with van der Waals surface area (Å²) in [5.41, 5.74) is 0.910. The number of imidazole rings is 1. The van der Waals surface area contributed by atoms with Crippen molar-refractivity contribution in [3.63, 3.8) is 0 Å². The van der Waals surface area contributed by atoms with Crippen molar-refractivity contribution in [3.05, 3.63) is 72.1 Å². The molecule has 0 saturated carbocycles. The van der Waals surface area contributed by atoms with Gasteiger partial charge < -0.3 is 20.3 Å². The van der Waals surface area contributed by atoms with Gasteiger partial charge in [0, 0.05) is 57.3 Å². The predicted molar refractivity (Wildman–Crippen MR) is 134 cm³/mol. The van der Waals surface area contributed by atoms with Gasteiger partial charge in [-0.3, -0.25) is 4.68 Å². The first-order valence-electron chi connectivity index (χ1n) is 10.3. The third-order valence-electron chi connectivity index (χ3n) is 4.85. The van der Waals surface area contributed by atoms with Crippen LogP contribution in [0.4, 0.5) is 0 Å². The second-order valence-electron chi connectivity index (χ2n) is 7.51. The van der Waals surface area contributed by atoms with Crippen molar-refractivity contribution in [2.45, 2.75) is 32.4 Å². The second kappa shape index (κ2) is 11.8. The molecule has 1 aromatic carbocycles. The number of hydrogen-bond donors (Lipinski definition) is 3. The maximum atomic E-state index is 10.7. The van der Waals surface area contributed by atoms with Crippen LogP contribution in [-0.2, 0) is 25.6 Å². The second-order valence-corrected chi connectivity index (χ2v) is 7.51. The van der Waals surface area contributed by atoms with Crippen LogP contribution in [-0.4, -0.2) is 50.0 Å². The molecule has 3 rings (SSSR count). The lowest BCUT2D eigenvalue weighted by atomic mass is 10.0. The van der Waals surface area contributed by atoms with Crippen molar-refractivity contribution in [1.82, 2.24) is 30.0 Å². The lowest BCUT2D eigenvalue weighted by Crippen LogP contribution is -2.40. The van der Waals surface area contributed by atoms with Crippen LogP contribution in [0.15, 0.2) is 60.1 Å². The molecule has 0 radical (unpaired) electrons. The SMILES string of the molecule is CCNC(=NCC(C)(O)c1cnn(C)c1)NCCc1nccn1Cc1ccccc1.I. The van der Waals surface area contributed by atoms with Crippen molar-refractivity contribution in [2.75, 3.05) is 19.6 Å². The van der Waals surface area contributed by atoms with E-state index in [4.69, 9.17) is 0 Å². The van der Waals surface area contributed by atoms with E-state index in [0.717, 1.165) is 30.9 Å². The van der Waals surface area contributed by atoms with Gasteiger partial charge >= 0.3 is 0 Å². The summed E-state index contributed by atoms with van der Waals surface area (Å²) >= 11 is 0. The molecule has 1 atom stereocenters. The zero-order valence-corrected chi connectivity index (χ0v) is 20.7. The van der Waals surface area contributed by atoms with Crippen LogP contribution in [0.1, 0.15) is 30.8 Å². The Labute approximate surface area is 200 Å². The molecule has 2 heterocycles. The molecule has 1 unspecified atom stereocenters. The third-order valence-corrected chi connectivity index (χ3v) is 4.85. The van der Waals surface area contributed by atoms with Gasteiger partial charge in [0.15, 0.2) is 5.96 Å². The number of rotatable bonds is 9. The third kappa shape index (κ3) is 7.35. The maximum Gasteiger partial charge on any atom is 0.191 e. The number of nitrogens with zero attached hydrogens (tertiary/aromatic N) is 5. The van der Waals surface area contributed by atoms with Crippen LogP contribution < -0.4 is 10.6 Å². The molecule has 0 amide bonds. The smallest absolute Gasteiger partial charge is 0.191 e. The molecular weight excluding hydrogens is 505 g/mol. The van der Waals surface area contributed by atoms with E-state index in [-0.39, 0.29) is 30.5 Å². The number of aliphatic imine (C=N–C) groups is 1. The highest BCUT2D eigenvalue weighted by Gasteiger charge is 2.24. The molecule has 3 aromatic rings. The van der Waals surface area contributed by atoms with E-state index in [1.807, 2.05) is 50.8 Å². The highest BCUT2D eigenvalue weighted by Crippen LogP contribution is 2.19.